The Morgan fingerprint density at radius 2 is 2.07 bits per heavy atom. The van der Waals surface area contributed by atoms with Gasteiger partial charge in [-0.3, -0.25) is 4.99 Å². The number of ether oxygens (including phenoxy) is 1. The molecule has 150 valence electrons. The fourth-order valence-electron chi connectivity index (χ4n) is 4.17. The molecule has 1 heterocycles. The summed E-state index contributed by atoms with van der Waals surface area (Å²) in [6.45, 7) is 9.76. The van der Waals surface area contributed by atoms with Crippen LogP contribution < -0.4 is 9.64 Å². The van der Waals surface area contributed by atoms with E-state index in [4.69, 9.17) is 16.3 Å². The first-order valence-corrected chi connectivity index (χ1v) is 10.1. The largest absolute Gasteiger partial charge is 0.494 e. The molecule has 0 amide bonds. The lowest BCUT2D eigenvalue weighted by Gasteiger charge is -2.47. The van der Waals surface area contributed by atoms with Gasteiger partial charge in [-0.2, -0.15) is 0 Å². The molecule has 0 saturated heterocycles. The quantitative estimate of drug-likeness (QED) is 0.517. The maximum absolute atomic E-state index is 15.0. The van der Waals surface area contributed by atoms with Crippen molar-refractivity contribution in [3.63, 3.8) is 0 Å². The molecule has 1 unspecified atom stereocenters. The minimum Gasteiger partial charge on any atom is -0.494 e. The van der Waals surface area contributed by atoms with Crippen molar-refractivity contribution in [2.75, 3.05) is 18.6 Å². The first-order valence-electron chi connectivity index (χ1n) is 9.75. The Morgan fingerprint density at radius 1 is 1.32 bits per heavy atom. The number of anilines is 1. The molecule has 1 aliphatic rings. The van der Waals surface area contributed by atoms with E-state index < -0.39 is 0 Å². The lowest BCUT2D eigenvalue weighted by atomic mass is 9.79. The van der Waals surface area contributed by atoms with Crippen LogP contribution in [0.15, 0.2) is 35.3 Å². The van der Waals surface area contributed by atoms with E-state index in [1.807, 2.05) is 6.07 Å². The SMILES string of the molecule is CCCN1c2cc(F)c(C=Nc3cc(Cl)ccc3OC)cc2C(C)CC1(C)C. The predicted octanol–water partition coefficient (Wildman–Crippen LogP) is 6.74. The highest BCUT2D eigenvalue weighted by Crippen LogP contribution is 2.44. The van der Waals surface area contributed by atoms with Gasteiger partial charge in [0.05, 0.1) is 7.11 Å². The molecule has 0 aromatic heterocycles. The van der Waals surface area contributed by atoms with E-state index in [0.29, 0.717) is 27.9 Å². The smallest absolute Gasteiger partial charge is 0.144 e. The van der Waals surface area contributed by atoms with Gasteiger partial charge < -0.3 is 9.64 Å². The molecule has 0 saturated carbocycles. The number of rotatable bonds is 5. The van der Waals surface area contributed by atoms with Crippen LogP contribution in [0.5, 0.6) is 5.75 Å². The van der Waals surface area contributed by atoms with Gasteiger partial charge in [-0.1, -0.05) is 25.4 Å². The molecule has 3 nitrogen and oxygen atoms in total. The summed E-state index contributed by atoms with van der Waals surface area (Å²) in [5.41, 5.74) is 3.24. The van der Waals surface area contributed by atoms with Gasteiger partial charge in [-0.15, -0.1) is 0 Å². The van der Waals surface area contributed by atoms with E-state index in [9.17, 15) is 4.39 Å². The van der Waals surface area contributed by atoms with Crippen LogP contribution in [0.2, 0.25) is 5.02 Å². The van der Waals surface area contributed by atoms with Crippen molar-refractivity contribution >= 4 is 29.2 Å². The molecule has 0 fully saturated rings. The Kier molecular flexibility index (Phi) is 5.99. The zero-order chi connectivity index (χ0) is 20.5. The van der Waals surface area contributed by atoms with Crippen molar-refractivity contribution in [1.82, 2.24) is 0 Å². The Hall–Kier alpha value is -2.07. The van der Waals surface area contributed by atoms with Gasteiger partial charge in [0.15, 0.2) is 0 Å². The summed E-state index contributed by atoms with van der Waals surface area (Å²) >= 11 is 6.06. The molecule has 2 aromatic rings. The molecule has 2 aromatic carbocycles. The number of halogens is 2. The molecular formula is C23H28ClFN2O. The molecule has 0 bridgehead atoms. The van der Waals surface area contributed by atoms with Crippen LogP contribution in [0.3, 0.4) is 0 Å². The van der Waals surface area contributed by atoms with Gasteiger partial charge in [0.25, 0.3) is 0 Å². The summed E-state index contributed by atoms with van der Waals surface area (Å²) in [6.07, 6.45) is 3.61. The highest BCUT2D eigenvalue weighted by Gasteiger charge is 2.36. The molecule has 28 heavy (non-hydrogen) atoms. The predicted molar refractivity (Wildman–Crippen MR) is 116 cm³/mol. The molecule has 0 spiro atoms. The minimum absolute atomic E-state index is 0.0125. The molecule has 5 heteroatoms. The molecule has 1 aliphatic heterocycles. The maximum atomic E-state index is 15.0. The number of hydrogen-bond acceptors (Lipinski definition) is 3. The minimum atomic E-state index is -0.269. The fraction of sp³-hybridized carbons (Fsp3) is 0.435. The fourth-order valence-corrected chi connectivity index (χ4v) is 4.34. The van der Waals surface area contributed by atoms with Crippen molar-refractivity contribution in [2.45, 2.75) is 52.0 Å². The zero-order valence-electron chi connectivity index (χ0n) is 17.2. The number of methoxy groups -OCH3 is 1. The third-order valence-electron chi connectivity index (χ3n) is 5.43. The van der Waals surface area contributed by atoms with Crippen LogP contribution in [0, 0.1) is 5.82 Å². The van der Waals surface area contributed by atoms with Crippen LogP contribution in [0.4, 0.5) is 15.8 Å². The second-order valence-electron chi connectivity index (χ2n) is 8.08. The standard InChI is InChI=1S/C23H28ClFN2O/c1-6-9-27-21-12-19(25)16(10-18(21)15(2)13-23(27,3)4)14-26-20-11-17(24)7-8-22(20)28-5/h7-8,10-12,14-15H,6,9,13H2,1-5H3. The Balaban J connectivity index is 2.02. The lowest BCUT2D eigenvalue weighted by molar-refractivity contribution is 0.375. The van der Waals surface area contributed by atoms with E-state index in [-0.39, 0.29) is 11.4 Å². The van der Waals surface area contributed by atoms with E-state index >= 15 is 0 Å². The van der Waals surface area contributed by atoms with Crippen LogP contribution >= 0.6 is 11.6 Å². The van der Waals surface area contributed by atoms with Gasteiger partial charge >= 0.3 is 0 Å². The van der Waals surface area contributed by atoms with Gasteiger partial charge in [-0.25, -0.2) is 4.39 Å². The number of fused-ring (bicyclic) bond motifs is 1. The average molecular weight is 403 g/mol. The van der Waals surface area contributed by atoms with Crippen molar-refractivity contribution in [3.8, 4) is 5.75 Å². The summed E-state index contributed by atoms with van der Waals surface area (Å²) in [4.78, 5) is 6.78. The summed E-state index contributed by atoms with van der Waals surface area (Å²) in [5.74, 6) is 0.685. The Labute approximate surface area is 172 Å². The average Bonchev–Trinajstić information content (AvgIpc) is 2.63. The van der Waals surface area contributed by atoms with E-state index in [0.717, 1.165) is 25.1 Å². The normalized spacial score (nSPS) is 18.4. The summed E-state index contributed by atoms with van der Waals surface area (Å²) < 4.78 is 20.3. The molecule has 0 radical (unpaired) electrons. The summed E-state index contributed by atoms with van der Waals surface area (Å²) in [5, 5.41) is 0.560. The third-order valence-corrected chi connectivity index (χ3v) is 5.67. The molecule has 3 rings (SSSR count). The highest BCUT2D eigenvalue weighted by molar-refractivity contribution is 6.30. The summed E-state index contributed by atoms with van der Waals surface area (Å²) in [6, 6.07) is 8.81. The molecular weight excluding hydrogens is 375 g/mol. The van der Waals surface area contributed by atoms with Crippen molar-refractivity contribution in [1.29, 1.82) is 0 Å². The second-order valence-corrected chi connectivity index (χ2v) is 8.51. The Morgan fingerprint density at radius 3 is 2.75 bits per heavy atom. The first kappa shape index (κ1) is 20.7. The Bertz CT molecular complexity index is 894. The van der Waals surface area contributed by atoms with Gasteiger partial charge in [0.2, 0.25) is 0 Å². The number of hydrogen-bond donors (Lipinski definition) is 0. The van der Waals surface area contributed by atoms with Gasteiger partial charge in [-0.05, 0) is 68.5 Å². The van der Waals surface area contributed by atoms with E-state index in [2.05, 4.69) is 37.6 Å². The molecule has 0 aliphatic carbocycles. The zero-order valence-corrected chi connectivity index (χ0v) is 18.0. The van der Waals surface area contributed by atoms with Crippen LogP contribution in [-0.2, 0) is 0 Å². The number of benzene rings is 2. The van der Waals surface area contributed by atoms with Crippen molar-refractivity contribution in [3.05, 3.63) is 52.3 Å². The monoisotopic (exact) mass is 402 g/mol. The van der Waals surface area contributed by atoms with Gasteiger partial charge in [0, 0.05) is 34.6 Å². The van der Waals surface area contributed by atoms with Crippen LogP contribution in [0.1, 0.15) is 57.6 Å². The topological polar surface area (TPSA) is 24.8 Å². The molecule has 1 atom stereocenters. The highest BCUT2D eigenvalue weighted by atomic mass is 35.5. The first-order chi connectivity index (χ1) is 13.3. The third kappa shape index (κ3) is 4.02. The molecule has 0 N–H and O–H groups in total. The van der Waals surface area contributed by atoms with E-state index in [1.54, 1.807) is 37.6 Å². The second kappa shape index (κ2) is 8.12. The van der Waals surface area contributed by atoms with Crippen LogP contribution in [0.25, 0.3) is 0 Å². The summed E-state index contributed by atoms with van der Waals surface area (Å²) in [7, 11) is 1.58. The maximum Gasteiger partial charge on any atom is 0.144 e. The van der Waals surface area contributed by atoms with Gasteiger partial charge in [0.1, 0.15) is 17.3 Å². The number of aliphatic imine (C=N–C) groups is 1. The van der Waals surface area contributed by atoms with Crippen molar-refractivity contribution < 1.29 is 9.13 Å². The van der Waals surface area contributed by atoms with Crippen LogP contribution in [-0.4, -0.2) is 25.4 Å². The van der Waals surface area contributed by atoms with E-state index in [1.165, 1.54) is 5.56 Å². The lowest BCUT2D eigenvalue weighted by Crippen LogP contribution is -2.48. The number of nitrogens with zero attached hydrogens (tertiary/aromatic N) is 2. The van der Waals surface area contributed by atoms with Crippen molar-refractivity contribution in [2.24, 2.45) is 4.99 Å².